The van der Waals surface area contributed by atoms with Gasteiger partial charge >= 0.3 is 0 Å². The van der Waals surface area contributed by atoms with Crippen molar-refractivity contribution in [3.63, 3.8) is 0 Å². The molecule has 1 aliphatic rings. The summed E-state index contributed by atoms with van der Waals surface area (Å²) in [5, 5.41) is 3.24. The van der Waals surface area contributed by atoms with Crippen LogP contribution in [0.2, 0.25) is 0 Å². The summed E-state index contributed by atoms with van der Waals surface area (Å²) in [7, 11) is 2.03. The third kappa shape index (κ3) is 3.26. The molecule has 1 aromatic rings. The Hall–Kier alpha value is -1.56. The lowest BCUT2D eigenvalue weighted by Crippen LogP contribution is -2.37. The van der Waals surface area contributed by atoms with Crippen molar-refractivity contribution in [1.82, 2.24) is 9.97 Å². The summed E-state index contributed by atoms with van der Waals surface area (Å²) >= 11 is 0. The monoisotopic (exact) mass is 265 g/mol. The lowest BCUT2D eigenvalue weighted by atomic mass is 10.1. The third-order valence-corrected chi connectivity index (χ3v) is 3.48. The molecule has 1 aliphatic heterocycles. The van der Waals surface area contributed by atoms with Crippen molar-refractivity contribution in [3.8, 4) is 0 Å². The van der Waals surface area contributed by atoms with Crippen molar-refractivity contribution >= 4 is 17.6 Å². The van der Waals surface area contributed by atoms with Crippen LogP contribution in [0.15, 0.2) is 6.07 Å². The molecule has 0 aromatic carbocycles. The standard InChI is InChI=1S/C13H23N5O/c1-4-6-15-11-8-12(17-13(14)16-11)18(3)10-5-7-19-9(10)2/h8-10H,4-7H2,1-3H3,(H3,14,15,16,17). The quantitative estimate of drug-likeness (QED) is 0.840. The summed E-state index contributed by atoms with van der Waals surface area (Å²) in [5.74, 6) is 1.92. The van der Waals surface area contributed by atoms with Gasteiger partial charge in [-0.25, -0.2) is 0 Å². The van der Waals surface area contributed by atoms with E-state index in [1.54, 1.807) is 0 Å². The maximum Gasteiger partial charge on any atom is 0.223 e. The van der Waals surface area contributed by atoms with Gasteiger partial charge < -0.3 is 20.7 Å². The van der Waals surface area contributed by atoms with Gasteiger partial charge in [0.1, 0.15) is 11.6 Å². The normalized spacial score (nSPS) is 22.5. The van der Waals surface area contributed by atoms with Gasteiger partial charge in [0.15, 0.2) is 0 Å². The van der Waals surface area contributed by atoms with Gasteiger partial charge in [0.05, 0.1) is 12.1 Å². The van der Waals surface area contributed by atoms with Crippen LogP contribution >= 0.6 is 0 Å². The number of rotatable bonds is 5. The van der Waals surface area contributed by atoms with Gasteiger partial charge in [-0.1, -0.05) is 6.92 Å². The van der Waals surface area contributed by atoms with Crippen molar-refractivity contribution in [2.24, 2.45) is 0 Å². The second kappa shape index (κ2) is 6.06. The summed E-state index contributed by atoms with van der Waals surface area (Å²) in [5.41, 5.74) is 5.78. The van der Waals surface area contributed by atoms with Crippen LogP contribution in [0, 0.1) is 0 Å². The lowest BCUT2D eigenvalue weighted by Gasteiger charge is -2.28. The van der Waals surface area contributed by atoms with Crippen LogP contribution in [0.4, 0.5) is 17.6 Å². The second-order valence-corrected chi connectivity index (χ2v) is 4.94. The fourth-order valence-electron chi connectivity index (χ4n) is 2.38. The number of nitrogen functional groups attached to an aromatic ring is 1. The lowest BCUT2D eigenvalue weighted by molar-refractivity contribution is 0.118. The molecule has 3 N–H and O–H groups in total. The Labute approximate surface area is 114 Å². The zero-order valence-electron chi connectivity index (χ0n) is 11.9. The molecule has 2 heterocycles. The van der Waals surface area contributed by atoms with Gasteiger partial charge in [0, 0.05) is 26.3 Å². The highest BCUT2D eigenvalue weighted by molar-refractivity contribution is 5.53. The number of nitrogens with two attached hydrogens (primary N) is 1. The van der Waals surface area contributed by atoms with Crippen LogP contribution in [-0.4, -0.2) is 42.3 Å². The van der Waals surface area contributed by atoms with E-state index in [9.17, 15) is 0 Å². The Morgan fingerprint density at radius 2 is 2.32 bits per heavy atom. The van der Waals surface area contributed by atoms with E-state index in [4.69, 9.17) is 10.5 Å². The van der Waals surface area contributed by atoms with E-state index in [1.807, 2.05) is 13.1 Å². The number of ether oxygens (including phenoxy) is 1. The number of hydrogen-bond donors (Lipinski definition) is 2. The molecule has 1 aromatic heterocycles. The first-order valence-electron chi connectivity index (χ1n) is 6.84. The smallest absolute Gasteiger partial charge is 0.223 e. The molecule has 6 heteroatoms. The van der Waals surface area contributed by atoms with Gasteiger partial charge in [-0.3, -0.25) is 0 Å². The molecule has 6 nitrogen and oxygen atoms in total. The second-order valence-electron chi connectivity index (χ2n) is 4.94. The molecule has 0 saturated carbocycles. The van der Waals surface area contributed by atoms with E-state index in [1.165, 1.54) is 0 Å². The zero-order valence-corrected chi connectivity index (χ0v) is 11.9. The number of hydrogen-bond acceptors (Lipinski definition) is 6. The molecule has 2 rings (SSSR count). The Morgan fingerprint density at radius 3 is 2.95 bits per heavy atom. The first-order valence-corrected chi connectivity index (χ1v) is 6.84. The van der Waals surface area contributed by atoms with E-state index in [0.29, 0.717) is 12.0 Å². The summed E-state index contributed by atoms with van der Waals surface area (Å²) in [4.78, 5) is 10.6. The number of nitrogens with one attached hydrogen (secondary N) is 1. The van der Waals surface area contributed by atoms with Crippen LogP contribution in [0.25, 0.3) is 0 Å². The summed E-state index contributed by atoms with van der Waals surface area (Å²) in [6.45, 7) is 5.89. The van der Waals surface area contributed by atoms with Crippen LogP contribution in [0.5, 0.6) is 0 Å². The highest BCUT2D eigenvalue weighted by Crippen LogP contribution is 2.24. The van der Waals surface area contributed by atoms with E-state index in [2.05, 4.69) is 34.0 Å². The van der Waals surface area contributed by atoms with Crippen LogP contribution in [-0.2, 0) is 4.74 Å². The molecule has 19 heavy (non-hydrogen) atoms. The molecule has 0 bridgehead atoms. The molecule has 2 unspecified atom stereocenters. The summed E-state index contributed by atoms with van der Waals surface area (Å²) < 4.78 is 5.60. The van der Waals surface area contributed by atoms with Crippen molar-refractivity contribution in [3.05, 3.63) is 6.07 Å². The van der Waals surface area contributed by atoms with Crippen molar-refractivity contribution in [1.29, 1.82) is 0 Å². The van der Waals surface area contributed by atoms with Crippen LogP contribution in [0.3, 0.4) is 0 Å². The molecule has 0 aliphatic carbocycles. The van der Waals surface area contributed by atoms with E-state index in [0.717, 1.165) is 37.6 Å². The molecule has 2 atom stereocenters. The van der Waals surface area contributed by atoms with E-state index >= 15 is 0 Å². The van der Waals surface area contributed by atoms with E-state index in [-0.39, 0.29) is 6.10 Å². The maximum absolute atomic E-state index is 5.78. The fourth-order valence-corrected chi connectivity index (χ4v) is 2.38. The first-order chi connectivity index (χ1) is 9.11. The minimum Gasteiger partial charge on any atom is -0.376 e. The average Bonchev–Trinajstić information content (AvgIpc) is 2.81. The Bertz CT molecular complexity index is 425. The average molecular weight is 265 g/mol. The van der Waals surface area contributed by atoms with E-state index < -0.39 is 0 Å². The number of nitrogens with zero attached hydrogens (tertiary/aromatic N) is 3. The van der Waals surface area contributed by atoms with Gasteiger partial charge in [0.2, 0.25) is 5.95 Å². The molecule has 0 amide bonds. The predicted octanol–water partition coefficient (Wildman–Crippen LogP) is 1.49. The first kappa shape index (κ1) is 13.9. The molecule has 1 fully saturated rings. The van der Waals surface area contributed by atoms with Gasteiger partial charge in [0.25, 0.3) is 0 Å². The van der Waals surface area contributed by atoms with Crippen molar-refractivity contribution < 1.29 is 4.74 Å². The topological polar surface area (TPSA) is 76.3 Å². The molecular formula is C13H23N5O. The minimum absolute atomic E-state index is 0.216. The molecule has 0 radical (unpaired) electrons. The van der Waals surface area contributed by atoms with Crippen molar-refractivity contribution in [2.75, 3.05) is 36.1 Å². The third-order valence-electron chi connectivity index (χ3n) is 3.48. The zero-order chi connectivity index (χ0) is 13.8. The van der Waals surface area contributed by atoms with Gasteiger partial charge in [-0.2, -0.15) is 9.97 Å². The predicted molar refractivity (Wildman–Crippen MR) is 77.4 cm³/mol. The molecule has 1 saturated heterocycles. The number of aromatic nitrogens is 2. The van der Waals surface area contributed by atoms with Crippen molar-refractivity contribution in [2.45, 2.75) is 38.8 Å². The van der Waals surface area contributed by atoms with Gasteiger partial charge in [-0.15, -0.1) is 0 Å². The summed E-state index contributed by atoms with van der Waals surface area (Å²) in [6, 6.07) is 2.28. The molecular weight excluding hydrogens is 242 g/mol. The number of likely N-dealkylation sites (N-methyl/N-ethyl adjacent to an activating group) is 1. The minimum atomic E-state index is 0.216. The van der Waals surface area contributed by atoms with Gasteiger partial charge in [-0.05, 0) is 19.8 Å². The Morgan fingerprint density at radius 1 is 1.53 bits per heavy atom. The SMILES string of the molecule is CCCNc1cc(N(C)C2CCOC2C)nc(N)n1. The maximum atomic E-state index is 5.78. The Kier molecular flexibility index (Phi) is 4.42. The van der Waals surface area contributed by atoms with Crippen LogP contribution in [0.1, 0.15) is 26.7 Å². The number of anilines is 3. The molecule has 106 valence electrons. The highest BCUT2D eigenvalue weighted by atomic mass is 16.5. The molecule has 0 spiro atoms. The Balaban J connectivity index is 2.16. The van der Waals surface area contributed by atoms with Crippen LogP contribution < -0.4 is 16.0 Å². The fraction of sp³-hybridized carbons (Fsp3) is 0.692. The largest absolute Gasteiger partial charge is 0.376 e. The highest BCUT2D eigenvalue weighted by Gasteiger charge is 2.29. The summed E-state index contributed by atoms with van der Waals surface area (Å²) in [6.07, 6.45) is 2.27.